The Bertz CT molecular complexity index is 1100. The van der Waals surface area contributed by atoms with Gasteiger partial charge in [0.05, 0.1) is 4.90 Å². The molecule has 0 aromatic heterocycles. The third-order valence-corrected chi connectivity index (χ3v) is 6.21. The van der Waals surface area contributed by atoms with E-state index in [1.807, 2.05) is 0 Å². The summed E-state index contributed by atoms with van der Waals surface area (Å²) in [6, 6.07) is 9.96. The monoisotopic (exact) mass is 432 g/mol. The van der Waals surface area contributed by atoms with Crippen LogP contribution in [0.4, 0.5) is 4.39 Å². The van der Waals surface area contributed by atoms with E-state index >= 15 is 0 Å². The van der Waals surface area contributed by atoms with E-state index in [0.717, 1.165) is 12.3 Å². The van der Waals surface area contributed by atoms with E-state index < -0.39 is 21.6 Å². The number of halogens is 1. The third kappa shape index (κ3) is 4.64. The van der Waals surface area contributed by atoms with Gasteiger partial charge in [-0.3, -0.25) is 14.4 Å². The zero-order valence-corrected chi connectivity index (χ0v) is 17.4. The van der Waals surface area contributed by atoms with Crippen molar-refractivity contribution in [3.05, 3.63) is 53.8 Å². The zero-order chi connectivity index (χ0) is 22.1. The Labute approximate surface area is 174 Å². The Morgan fingerprint density at radius 1 is 1.10 bits per heavy atom. The molecule has 0 aliphatic heterocycles. The molecule has 0 amide bonds. The Kier molecular flexibility index (Phi) is 6.17. The van der Waals surface area contributed by atoms with Crippen molar-refractivity contribution in [2.24, 2.45) is 5.92 Å². The molecule has 6 nitrogen and oxygen atoms in total. The minimum atomic E-state index is -3.54. The summed E-state index contributed by atoms with van der Waals surface area (Å²) in [6.45, 7) is 1.62. The van der Waals surface area contributed by atoms with E-state index in [0.29, 0.717) is 5.56 Å². The van der Waals surface area contributed by atoms with Crippen molar-refractivity contribution < 1.29 is 31.9 Å². The van der Waals surface area contributed by atoms with Crippen LogP contribution in [0, 0.1) is 11.7 Å². The molecule has 1 aliphatic carbocycles. The second kappa shape index (κ2) is 8.47. The Morgan fingerprint density at radius 2 is 1.77 bits per heavy atom. The number of ether oxygens (including phenoxy) is 1. The summed E-state index contributed by atoms with van der Waals surface area (Å²) in [5.74, 6) is -3.34. The summed E-state index contributed by atoms with van der Waals surface area (Å²) in [6.07, 6.45) is 1.27. The number of rotatable bonds is 6. The highest BCUT2D eigenvalue weighted by Crippen LogP contribution is 2.35. The molecule has 0 atom stereocenters. The second-order valence-corrected chi connectivity index (χ2v) is 9.35. The van der Waals surface area contributed by atoms with Crippen molar-refractivity contribution in [1.29, 1.82) is 0 Å². The molecule has 8 heteroatoms. The normalized spacial score (nSPS) is 19.6. The molecular weight excluding hydrogens is 411 g/mol. The molecule has 0 N–H and O–H groups in total. The molecule has 0 unspecified atom stereocenters. The van der Waals surface area contributed by atoms with Crippen LogP contribution in [0.5, 0.6) is 11.5 Å². The van der Waals surface area contributed by atoms with Crippen molar-refractivity contribution in [2.75, 3.05) is 6.26 Å². The maximum atomic E-state index is 14.3. The van der Waals surface area contributed by atoms with Gasteiger partial charge in [0.2, 0.25) is 0 Å². The van der Waals surface area contributed by atoms with Crippen LogP contribution in [-0.2, 0) is 24.2 Å². The lowest BCUT2D eigenvalue weighted by Gasteiger charge is -2.26. The minimum Gasteiger partial charge on any atom is -0.454 e. The number of benzene rings is 2. The van der Waals surface area contributed by atoms with E-state index in [4.69, 9.17) is 4.74 Å². The average molecular weight is 432 g/mol. The predicted octanol–water partition coefficient (Wildman–Crippen LogP) is 3.63. The molecule has 1 aliphatic rings. The van der Waals surface area contributed by atoms with Gasteiger partial charge in [-0.25, -0.2) is 12.8 Å². The Morgan fingerprint density at radius 3 is 2.33 bits per heavy atom. The Balaban J connectivity index is 1.80. The molecule has 2 aromatic carbocycles. The lowest BCUT2D eigenvalue weighted by molar-refractivity contribution is -0.142. The summed E-state index contributed by atoms with van der Waals surface area (Å²) in [7, 11) is -3.54. The Hall–Kier alpha value is -2.87. The van der Waals surface area contributed by atoms with Crippen LogP contribution in [0.2, 0.25) is 0 Å². The van der Waals surface area contributed by atoms with E-state index in [2.05, 4.69) is 0 Å². The molecule has 0 radical (unpaired) electrons. The number of carbonyl (C=O) groups excluding carboxylic acids is 3. The van der Waals surface area contributed by atoms with Crippen molar-refractivity contribution >= 4 is 27.2 Å². The van der Waals surface area contributed by atoms with E-state index in [1.54, 1.807) is 31.2 Å². The van der Waals surface area contributed by atoms with Gasteiger partial charge in [-0.05, 0) is 41.8 Å². The first-order valence-corrected chi connectivity index (χ1v) is 11.3. The van der Waals surface area contributed by atoms with Crippen LogP contribution in [-0.4, -0.2) is 32.0 Å². The van der Waals surface area contributed by atoms with Gasteiger partial charge in [0, 0.05) is 25.5 Å². The fourth-order valence-electron chi connectivity index (χ4n) is 3.53. The molecule has 1 saturated carbocycles. The van der Waals surface area contributed by atoms with Gasteiger partial charge < -0.3 is 4.74 Å². The standard InChI is InChI=1S/C22H21FO6S/c1-3-18(24)22-19(25)10-14(11-20(22)26)13-5-4-6-15(9-13)29-21-8-7-16(12-17(21)23)30(2,27)28/h4-9,12,14,22H,3,10-11H2,1-2H3. The van der Waals surface area contributed by atoms with Gasteiger partial charge in [-0.2, -0.15) is 0 Å². The average Bonchev–Trinajstić information content (AvgIpc) is 2.68. The van der Waals surface area contributed by atoms with Crippen LogP contribution in [0.1, 0.15) is 37.7 Å². The predicted molar refractivity (Wildman–Crippen MR) is 107 cm³/mol. The minimum absolute atomic E-state index is 0.0724. The molecule has 30 heavy (non-hydrogen) atoms. The molecule has 0 bridgehead atoms. The van der Waals surface area contributed by atoms with Crippen LogP contribution >= 0.6 is 0 Å². The van der Waals surface area contributed by atoms with Crippen LogP contribution in [0.15, 0.2) is 47.4 Å². The largest absolute Gasteiger partial charge is 0.454 e. The van der Waals surface area contributed by atoms with Crippen molar-refractivity contribution in [3.63, 3.8) is 0 Å². The second-order valence-electron chi connectivity index (χ2n) is 7.33. The number of ketones is 3. The first-order chi connectivity index (χ1) is 14.1. The summed E-state index contributed by atoms with van der Waals surface area (Å²) < 4.78 is 42.9. The molecule has 2 aromatic rings. The SMILES string of the molecule is CCC(=O)C1C(=O)CC(c2cccc(Oc3ccc(S(C)(=O)=O)cc3F)c2)CC1=O. The van der Waals surface area contributed by atoms with Crippen molar-refractivity contribution in [3.8, 4) is 11.5 Å². The maximum absolute atomic E-state index is 14.3. The molecule has 1 fully saturated rings. The van der Waals surface area contributed by atoms with Crippen molar-refractivity contribution in [1.82, 2.24) is 0 Å². The summed E-state index contributed by atoms with van der Waals surface area (Å²) in [5.41, 5.74) is 0.671. The van der Waals surface area contributed by atoms with Gasteiger partial charge in [0.15, 0.2) is 38.8 Å². The molecule has 158 valence electrons. The first kappa shape index (κ1) is 21.8. The van der Waals surface area contributed by atoms with Gasteiger partial charge in [-0.1, -0.05) is 19.1 Å². The third-order valence-electron chi connectivity index (χ3n) is 5.10. The molecule has 3 rings (SSSR count). The van der Waals surface area contributed by atoms with Crippen molar-refractivity contribution in [2.45, 2.75) is 37.0 Å². The van der Waals surface area contributed by atoms with Gasteiger partial charge in [-0.15, -0.1) is 0 Å². The van der Waals surface area contributed by atoms with E-state index in [-0.39, 0.29) is 58.9 Å². The fraction of sp³-hybridized carbons (Fsp3) is 0.318. The quantitative estimate of drug-likeness (QED) is 0.647. The summed E-state index contributed by atoms with van der Waals surface area (Å²) in [5, 5.41) is 0. The van der Waals surface area contributed by atoms with Gasteiger partial charge >= 0.3 is 0 Å². The van der Waals surface area contributed by atoms with Crippen LogP contribution < -0.4 is 4.74 Å². The maximum Gasteiger partial charge on any atom is 0.175 e. The smallest absolute Gasteiger partial charge is 0.175 e. The molecule has 0 saturated heterocycles. The topological polar surface area (TPSA) is 94.6 Å². The number of Topliss-reactive ketones (excluding diaryl/α,β-unsaturated/α-hetero) is 3. The van der Waals surface area contributed by atoms with E-state index in [1.165, 1.54) is 12.1 Å². The lowest BCUT2D eigenvalue weighted by atomic mass is 9.75. The van der Waals surface area contributed by atoms with Crippen LogP contribution in [0.3, 0.4) is 0 Å². The first-order valence-electron chi connectivity index (χ1n) is 9.45. The number of hydrogen-bond acceptors (Lipinski definition) is 6. The number of hydrogen-bond donors (Lipinski definition) is 0. The lowest BCUT2D eigenvalue weighted by Crippen LogP contribution is -2.37. The van der Waals surface area contributed by atoms with Gasteiger partial charge in [0.1, 0.15) is 11.7 Å². The number of sulfone groups is 1. The van der Waals surface area contributed by atoms with Crippen LogP contribution in [0.25, 0.3) is 0 Å². The van der Waals surface area contributed by atoms with Gasteiger partial charge in [0.25, 0.3) is 0 Å². The highest BCUT2D eigenvalue weighted by atomic mass is 32.2. The number of carbonyl (C=O) groups is 3. The molecule has 0 heterocycles. The highest BCUT2D eigenvalue weighted by Gasteiger charge is 2.39. The zero-order valence-electron chi connectivity index (χ0n) is 16.6. The molecular formula is C22H21FO6S. The highest BCUT2D eigenvalue weighted by molar-refractivity contribution is 7.90. The van der Waals surface area contributed by atoms with E-state index in [9.17, 15) is 27.2 Å². The summed E-state index contributed by atoms with van der Waals surface area (Å²) >= 11 is 0. The summed E-state index contributed by atoms with van der Waals surface area (Å²) in [4.78, 5) is 36.4. The fourth-order valence-corrected chi connectivity index (χ4v) is 4.16. The molecule has 0 spiro atoms.